The number of nitrogen functional groups attached to an aromatic ring is 1. The number of nitrogens with two attached hydrogens (primary N) is 1. The molecule has 1 unspecified atom stereocenters. The third-order valence-electron chi connectivity index (χ3n) is 2.41. The van der Waals surface area contributed by atoms with Gasteiger partial charge in [0.05, 0.1) is 17.4 Å². The lowest BCUT2D eigenvalue weighted by atomic mass is 10.0. The van der Waals surface area contributed by atoms with Crippen molar-refractivity contribution in [3.05, 3.63) is 23.8 Å². The molecule has 86 valence electrons. The molecule has 1 aromatic carbocycles. The number of carbonyl (C=O) groups is 2. The van der Waals surface area contributed by atoms with E-state index in [9.17, 15) is 9.59 Å². The number of amides is 2. The van der Waals surface area contributed by atoms with Crippen LogP contribution in [-0.4, -0.2) is 12.8 Å². The summed E-state index contributed by atoms with van der Waals surface area (Å²) in [6.45, 7) is 1.94. The lowest BCUT2D eigenvalue weighted by molar-refractivity contribution is -0.110. The average Bonchev–Trinajstić information content (AvgIpc) is 2.30. The van der Waals surface area contributed by atoms with Gasteiger partial charge < -0.3 is 16.4 Å². The van der Waals surface area contributed by atoms with Gasteiger partial charge in [0.2, 0.25) is 12.8 Å². The normalized spacial score (nSPS) is 11.6. The molecule has 0 fully saturated rings. The fourth-order valence-electron chi connectivity index (χ4n) is 1.59. The Bertz CT molecular complexity index is 379. The van der Waals surface area contributed by atoms with Crippen LogP contribution in [0.5, 0.6) is 0 Å². The van der Waals surface area contributed by atoms with Gasteiger partial charge in [-0.25, -0.2) is 0 Å². The van der Waals surface area contributed by atoms with Crippen molar-refractivity contribution in [3.63, 3.8) is 0 Å². The number of benzene rings is 1. The standard InChI is InChI=1S/C11H15N3O2/c1-2-9(13-6-15)8-4-3-5-10(11(8)12)14-7-16/h3-7,9H,2,12H2,1H3,(H,13,15)(H,14,16). The summed E-state index contributed by atoms with van der Waals surface area (Å²) < 4.78 is 0. The monoisotopic (exact) mass is 221 g/mol. The second-order valence-electron chi connectivity index (χ2n) is 3.32. The van der Waals surface area contributed by atoms with E-state index < -0.39 is 0 Å². The highest BCUT2D eigenvalue weighted by atomic mass is 16.1. The molecule has 1 aromatic rings. The minimum Gasteiger partial charge on any atom is -0.397 e. The second-order valence-corrected chi connectivity index (χ2v) is 3.32. The van der Waals surface area contributed by atoms with E-state index in [-0.39, 0.29) is 6.04 Å². The molecule has 0 saturated carbocycles. The SMILES string of the molecule is CCC(NC=O)c1cccc(NC=O)c1N. The summed E-state index contributed by atoms with van der Waals surface area (Å²) in [6.07, 6.45) is 1.95. The Kier molecular flexibility index (Phi) is 4.32. The van der Waals surface area contributed by atoms with Gasteiger partial charge in [-0.1, -0.05) is 19.1 Å². The van der Waals surface area contributed by atoms with Crippen molar-refractivity contribution < 1.29 is 9.59 Å². The van der Waals surface area contributed by atoms with Crippen molar-refractivity contribution in [2.24, 2.45) is 0 Å². The van der Waals surface area contributed by atoms with Crippen LogP contribution in [-0.2, 0) is 9.59 Å². The van der Waals surface area contributed by atoms with Crippen molar-refractivity contribution in [2.45, 2.75) is 19.4 Å². The van der Waals surface area contributed by atoms with Gasteiger partial charge in [-0.3, -0.25) is 9.59 Å². The molecule has 2 amide bonds. The van der Waals surface area contributed by atoms with Gasteiger partial charge in [0, 0.05) is 0 Å². The van der Waals surface area contributed by atoms with Crippen LogP contribution in [0, 0.1) is 0 Å². The molecule has 0 aliphatic rings. The summed E-state index contributed by atoms with van der Waals surface area (Å²) in [4.78, 5) is 20.8. The molecular weight excluding hydrogens is 206 g/mol. The van der Waals surface area contributed by atoms with Gasteiger partial charge in [-0.15, -0.1) is 0 Å². The Labute approximate surface area is 94.0 Å². The fourth-order valence-corrected chi connectivity index (χ4v) is 1.59. The van der Waals surface area contributed by atoms with Gasteiger partial charge in [0.25, 0.3) is 0 Å². The van der Waals surface area contributed by atoms with Crippen LogP contribution in [0.3, 0.4) is 0 Å². The molecule has 0 radical (unpaired) electrons. The zero-order chi connectivity index (χ0) is 12.0. The van der Waals surface area contributed by atoms with E-state index in [1.165, 1.54) is 0 Å². The maximum atomic E-state index is 10.4. The van der Waals surface area contributed by atoms with Crippen LogP contribution in [0.2, 0.25) is 0 Å². The van der Waals surface area contributed by atoms with Crippen LogP contribution < -0.4 is 16.4 Å². The molecule has 1 rings (SSSR count). The van der Waals surface area contributed by atoms with Crippen molar-refractivity contribution in [3.8, 4) is 0 Å². The molecule has 0 aliphatic carbocycles. The quantitative estimate of drug-likeness (QED) is 0.495. The average molecular weight is 221 g/mol. The van der Waals surface area contributed by atoms with E-state index in [0.717, 1.165) is 12.0 Å². The van der Waals surface area contributed by atoms with Crippen molar-refractivity contribution in [2.75, 3.05) is 11.1 Å². The van der Waals surface area contributed by atoms with E-state index in [2.05, 4.69) is 10.6 Å². The maximum Gasteiger partial charge on any atom is 0.211 e. The summed E-state index contributed by atoms with van der Waals surface area (Å²) in [6, 6.07) is 5.19. The molecule has 0 bridgehead atoms. The molecule has 0 aromatic heterocycles. The van der Waals surface area contributed by atoms with E-state index in [0.29, 0.717) is 24.2 Å². The number of hydrogen-bond acceptors (Lipinski definition) is 3. The van der Waals surface area contributed by atoms with E-state index in [4.69, 9.17) is 5.73 Å². The highest BCUT2D eigenvalue weighted by Gasteiger charge is 2.13. The van der Waals surface area contributed by atoms with Crippen LogP contribution in [0.1, 0.15) is 24.9 Å². The fraction of sp³-hybridized carbons (Fsp3) is 0.273. The third kappa shape index (κ3) is 2.50. The predicted molar refractivity (Wildman–Crippen MR) is 62.8 cm³/mol. The Morgan fingerprint density at radius 1 is 1.38 bits per heavy atom. The summed E-state index contributed by atoms with van der Waals surface area (Å²) in [5.41, 5.74) is 7.74. The zero-order valence-corrected chi connectivity index (χ0v) is 9.07. The first kappa shape index (κ1) is 12.0. The van der Waals surface area contributed by atoms with Gasteiger partial charge in [-0.2, -0.15) is 0 Å². The smallest absolute Gasteiger partial charge is 0.211 e. The van der Waals surface area contributed by atoms with Gasteiger partial charge in [0.15, 0.2) is 0 Å². The summed E-state index contributed by atoms with van der Waals surface area (Å²) in [5.74, 6) is 0. The Balaban J connectivity index is 3.06. The second kappa shape index (κ2) is 5.75. The molecule has 4 N–H and O–H groups in total. The van der Waals surface area contributed by atoms with Crippen molar-refractivity contribution in [1.29, 1.82) is 0 Å². The lowest BCUT2D eigenvalue weighted by Gasteiger charge is -2.18. The maximum absolute atomic E-state index is 10.4. The molecule has 5 nitrogen and oxygen atoms in total. The number of nitrogens with one attached hydrogen (secondary N) is 2. The number of rotatable bonds is 6. The van der Waals surface area contributed by atoms with Crippen LogP contribution >= 0.6 is 0 Å². The van der Waals surface area contributed by atoms with E-state index >= 15 is 0 Å². The van der Waals surface area contributed by atoms with Gasteiger partial charge in [-0.05, 0) is 18.1 Å². The molecule has 5 heteroatoms. The van der Waals surface area contributed by atoms with Gasteiger partial charge in [0.1, 0.15) is 0 Å². The Hall–Kier alpha value is -2.04. The van der Waals surface area contributed by atoms with Gasteiger partial charge >= 0.3 is 0 Å². The Morgan fingerprint density at radius 3 is 2.69 bits per heavy atom. The molecule has 0 aliphatic heterocycles. The molecule has 16 heavy (non-hydrogen) atoms. The molecule has 0 spiro atoms. The largest absolute Gasteiger partial charge is 0.397 e. The first-order valence-electron chi connectivity index (χ1n) is 5.02. The zero-order valence-electron chi connectivity index (χ0n) is 9.07. The first-order valence-corrected chi connectivity index (χ1v) is 5.02. The number of para-hydroxylation sites is 1. The number of carbonyl (C=O) groups excluding carboxylic acids is 2. The highest BCUT2D eigenvalue weighted by Crippen LogP contribution is 2.28. The molecule has 0 heterocycles. The summed E-state index contributed by atoms with van der Waals surface area (Å²) in [7, 11) is 0. The first-order chi connectivity index (χ1) is 7.74. The van der Waals surface area contributed by atoms with Crippen LogP contribution in [0.25, 0.3) is 0 Å². The molecular formula is C11H15N3O2. The topological polar surface area (TPSA) is 84.2 Å². The van der Waals surface area contributed by atoms with Crippen molar-refractivity contribution >= 4 is 24.2 Å². The van der Waals surface area contributed by atoms with Crippen LogP contribution in [0.15, 0.2) is 18.2 Å². The van der Waals surface area contributed by atoms with E-state index in [1.807, 2.05) is 13.0 Å². The molecule has 1 atom stereocenters. The van der Waals surface area contributed by atoms with Crippen molar-refractivity contribution in [1.82, 2.24) is 5.32 Å². The summed E-state index contributed by atoms with van der Waals surface area (Å²) >= 11 is 0. The van der Waals surface area contributed by atoms with E-state index in [1.54, 1.807) is 12.1 Å². The minimum absolute atomic E-state index is 0.133. The Morgan fingerprint density at radius 2 is 2.12 bits per heavy atom. The number of anilines is 2. The lowest BCUT2D eigenvalue weighted by Crippen LogP contribution is -2.20. The molecule has 0 saturated heterocycles. The highest BCUT2D eigenvalue weighted by molar-refractivity contribution is 5.81. The van der Waals surface area contributed by atoms with Crippen LogP contribution in [0.4, 0.5) is 11.4 Å². The number of hydrogen-bond donors (Lipinski definition) is 3. The predicted octanol–water partition coefficient (Wildman–Crippen LogP) is 1.03. The third-order valence-corrected chi connectivity index (χ3v) is 2.41. The minimum atomic E-state index is -0.133. The summed E-state index contributed by atoms with van der Waals surface area (Å²) in [5, 5.41) is 5.20.